The van der Waals surface area contributed by atoms with Crippen LogP contribution in [0.3, 0.4) is 0 Å². The van der Waals surface area contributed by atoms with Crippen LogP contribution in [0.1, 0.15) is 271 Å². The summed E-state index contributed by atoms with van der Waals surface area (Å²) < 4.78 is 12.4. The molecule has 1 N–H and O–H groups in total. The van der Waals surface area contributed by atoms with E-state index in [1.807, 2.05) is 0 Å². The van der Waals surface area contributed by atoms with Crippen molar-refractivity contribution >= 4 is 0 Å². The molecule has 0 aromatic heterocycles. The maximum Gasteiger partial charge on any atom is 0.107 e. The summed E-state index contributed by atoms with van der Waals surface area (Å²) in [4.78, 5) is 0. The van der Waals surface area contributed by atoms with Gasteiger partial charge in [-0.15, -0.1) is 0 Å². The van der Waals surface area contributed by atoms with Gasteiger partial charge < -0.3 is 14.6 Å². The zero-order valence-electron chi connectivity index (χ0n) is 37.4. The van der Waals surface area contributed by atoms with Crippen molar-refractivity contribution in [3.8, 4) is 0 Å². The van der Waals surface area contributed by atoms with Crippen molar-refractivity contribution in [1.82, 2.24) is 0 Å². The maximum atomic E-state index is 11.1. The van der Waals surface area contributed by atoms with Crippen LogP contribution >= 0.6 is 0 Å². The fourth-order valence-electron chi connectivity index (χ4n) is 7.53. The number of ether oxygens (including phenoxy) is 2. The minimum atomic E-state index is -0.409. The quantitative estimate of drug-likeness (QED) is 0.0496. The highest BCUT2D eigenvalue weighted by Gasteiger charge is 2.20. The summed E-state index contributed by atoms with van der Waals surface area (Å²) in [6, 6.07) is 0. The monoisotopic (exact) mass is 761 g/mol. The SMILES string of the molecule is CCCCCCCC/C=C\CCCCCCCCOCC(OCCCCCCCC/C=C\CCCCCCCC)C(O)CCCCCCCCCCCC. The van der Waals surface area contributed by atoms with Crippen molar-refractivity contribution < 1.29 is 14.6 Å². The molecule has 0 aliphatic heterocycles. The molecule has 54 heavy (non-hydrogen) atoms. The first-order valence-electron chi connectivity index (χ1n) is 24.9. The van der Waals surface area contributed by atoms with E-state index in [9.17, 15) is 5.11 Å². The molecule has 3 nitrogen and oxygen atoms in total. The lowest BCUT2D eigenvalue weighted by molar-refractivity contribution is -0.0831. The first kappa shape index (κ1) is 53.4. The van der Waals surface area contributed by atoms with E-state index < -0.39 is 6.10 Å². The van der Waals surface area contributed by atoms with Gasteiger partial charge in [0.15, 0.2) is 0 Å². The minimum absolute atomic E-state index is 0.180. The van der Waals surface area contributed by atoms with Gasteiger partial charge in [-0.3, -0.25) is 0 Å². The van der Waals surface area contributed by atoms with E-state index in [2.05, 4.69) is 45.1 Å². The molecule has 0 amide bonds. The van der Waals surface area contributed by atoms with Gasteiger partial charge in [0.25, 0.3) is 0 Å². The Labute approximate surface area is 341 Å². The molecule has 0 fully saturated rings. The summed E-state index contributed by atoms with van der Waals surface area (Å²) in [5.41, 5.74) is 0. The van der Waals surface area contributed by atoms with E-state index in [0.29, 0.717) is 6.61 Å². The maximum absolute atomic E-state index is 11.1. The van der Waals surface area contributed by atoms with Crippen LogP contribution in [0, 0.1) is 0 Å². The molecule has 322 valence electrons. The van der Waals surface area contributed by atoms with E-state index in [1.54, 1.807) is 0 Å². The second-order valence-electron chi connectivity index (χ2n) is 16.9. The highest BCUT2D eigenvalue weighted by Crippen LogP contribution is 2.16. The lowest BCUT2D eigenvalue weighted by Gasteiger charge is -2.23. The molecule has 0 spiro atoms. The van der Waals surface area contributed by atoms with Gasteiger partial charge in [-0.25, -0.2) is 0 Å². The zero-order valence-corrected chi connectivity index (χ0v) is 37.4. The first-order valence-corrected chi connectivity index (χ1v) is 24.9. The Bertz CT molecular complexity index is 718. The molecule has 0 aromatic carbocycles. The second kappa shape index (κ2) is 48.5. The van der Waals surface area contributed by atoms with Crippen molar-refractivity contribution in [2.24, 2.45) is 0 Å². The number of unbranched alkanes of at least 4 members (excludes halogenated alkanes) is 33. The fourth-order valence-corrected chi connectivity index (χ4v) is 7.53. The highest BCUT2D eigenvalue weighted by atomic mass is 16.5. The fraction of sp³-hybridized carbons (Fsp3) is 0.922. The van der Waals surface area contributed by atoms with Crippen LogP contribution in [0.25, 0.3) is 0 Å². The van der Waals surface area contributed by atoms with Crippen LogP contribution in [0.4, 0.5) is 0 Å². The number of aliphatic hydroxyl groups excluding tert-OH is 1. The topological polar surface area (TPSA) is 38.7 Å². The highest BCUT2D eigenvalue weighted by molar-refractivity contribution is 4.82. The van der Waals surface area contributed by atoms with Crippen molar-refractivity contribution in [3.05, 3.63) is 24.3 Å². The number of hydrogen-bond donors (Lipinski definition) is 1. The smallest absolute Gasteiger partial charge is 0.107 e. The van der Waals surface area contributed by atoms with Gasteiger partial charge in [-0.1, -0.05) is 225 Å². The zero-order chi connectivity index (χ0) is 39.1. The number of rotatable bonds is 47. The molecule has 2 unspecified atom stereocenters. The molecule has 0 aliphatic carbocycles. The largest absolute Gasteiger partial charge is 0.390 e. The summed E-state index contributed by atoms with van der Waals surface area (Å²) in [6.45, 7) is 8.95. The third-order valence-electron chi connectivity index (χ3n) is 11.4. The third kappa shape index (κ3) is 44.1. The van der Waals surface area contributed by atoms with Gasteiger partial charge in [0.05, 0.1) is 12.7 Å². The molecule has 0 aromatic rings. The van der Waals surface area contributed by atoms with Gasteiger partial charge >= 0.3 is 0 Å². The Morgan fingerprint density at radius 3 is 1.02 bits per heavy atom. The second-order valence-corrected chi connectivity index (χ2v) is 16.9. The van der Waals surface area contributed by atoms with Crippen molar-refractivity contribution in [2.45, 2.75) is 283 Å². The predicted molar refractivity (Wildman–Crippen MR) is 242 cm³/mol. The Kier molecular flexibility index (Phi) is 47.9. The molecule has 0 bridgehead atoms. The lowest BCUT2D eigenvalue weighted by atomic mass is 10.0. The van der Waals surface area contributed by atoms with Crippen LogP contribution in [0.2, 0.25) is 0 Å². The average Bonchev–Trinajstić information content (AvgIpc) is 3.18. The van der Waals surface area contributed by atoms with Crippen LogP contribution in [0.15, 0.2) is 24.3 Å². The van der Waals surface area contributed by atoms with E-state index in [1.165, 1.54) is 225 Å². The Morgan fingerprint density at radius 1 is 0.352 bits per heavy atom. The van der Waals surface area contributed by atoms with Crippen LogP contribution in [0.5, 0.6) is 0 Å². The van der Waals surface area contributed by atoms with Crippen molar-refractivity contribution in [2.75, 3.05) is 19.8 Å². The van der Waals surface area contributed by atoms with E-state index in [4.69, 9.17) is 9.47 Å². The molecule has 2 atom stereocenters. The number of allylic oxidation sites excluding steroid dienone is 4. The lowest BCUT2D eigenvalue weighted by Crippen LogP contribution is -2.34. The number of aliphatic hydroxyl groups is 1. The van der Waals surface area contributed by atoms with Gasteiger partial charge in [0, 0.05) is 13.2 Å². The van der Waals surface area contributed by atoms with Gasteiger partial charge in [0.2, 0.25) is 0 Å². The standard InChI is InChI=1S/C51H100O3/c1-4-7-10-13-16-19-22-24-26-28-30-32-35-38-41-44-47-53-49-51(50(52)46-43-40-37-34-21-18-15-12-9-6-3)54-48-45-42-39-36-33-31-29-27-25-23-20-17-14-11-8-5-2/h24-27,50-52H,4-23,28-49H2,1-3H3/b26-24-,27-25-. The Morgan fingerprint density at radius 2 is 0.648 bits per heavy atom. The van der Waals surface area contributed by atoms with Gasteiger partial charge in [-0.05, 0) is 70.6 Å². The summed E-state index contributed by atoms with van der Waals surface area (Å²) in [7, 11) is 0. The molecule has 0 radical (unpaired) electrons. The molecule has 0 aliphatic rings. The normalized spacial score (nSPS) is 13.2. The van der Waals surface area contributed by atoms with Crippen molar-refractivity contribution in [1.29, 1.82) is 0 Å². The summed E-state index contributed by atoms with van der Waals surface area (Å²) in [5, 5.41) is 11.1. The predicted octanol–water partition coefficient (Wildman–Crippen LogP) is 17.1. The van der Waals surface area contributed by atoms with E-state index in [-0.39, 0.29) is 6.10 Å². The molecule has 0 saturated heterocycles. The number of hydrogen-bond acceptors (Lipinski definition) is 3. The van der Waals surface area contributed by atoms with E-state index >= 15 is 0 Å². The molecular weight excluding hydrogens is 661 g/mol. The third-order valence-corrected chi connectivity index (χ3v) is 11.4. The molecule has 0 rings (SSSR count). The molecule has 0 heterocycles. The van der Waals surface area contributed by atoms with Gasteiger partial charge in [0.1, 0.15) is 6.10 Å². The summed E-state index contributed by atoms with van der Waals surface area (Å²) in [5.74, 6) is 0. The van der Waals surface area contributed by atoms with E-state index in [0.717, 1.165) is 38.9 Å². The average molecular weight is 761 g/mol. The molecule has 0 saturated carbocycles. The Hall–Kier alpha value is -0.640. The minimum Gasteiger partial charge on any atom is -0.390 e. The van der Waals surface area contributed by atoms with Gasteiger partial charge in [-0.2, -0.15) is 0 Å². The summed E-state index contributed by atoms with van der Waals surface area (Å²) >= 11 is 0. The first-order chi connectivity index (χ1) is 26.8. The van der Waals surface area contributed by atoms with Crippen LogP contribution in [-0.4, -0.2) is 37.1 Å². The summed E-state index contributed by atoms with van der Waals surface area (Å²) in [6.07, 6.45) is 60.2. The van der Waals surface area contributed by atoms with Crippen molar-refractivity contribution in [3.63, 3.8) is 0 Å². The van der Waals surface area contributed by atoms with Crippen LogP contribution < -0.4 is 0 Å². The Balaban J connectivity index is 4.08. The molecule has 3 heteroatoms. The van der Waals surface area contributed by atoms with Crippen LogP contribution in [-0.2, 0) is 9.47 Å². The molecular formula is C51H100O3.